The van der Waals surface area contributed by atoms with Crippen LogP contribution in [0.25, 0.3) is 0 Å². The van der Waals surface area contributed by atoms with E-state index in [1.165, 1.54) is 13.3 Å². The SMILES string of the molecule is COC(=O)c1ccnc(NCc2nc(C)no2)c1. The molecule has 0 amide bonds. The first-order valence-electron chi connectivity index (χ1n) is 5.26. The fraction of sp³-hybridized carbons (Fsp3) is 0.273. The van der Waals surface area contributed by atoms with Crippen molar-refractivity contribution in [1.29, 1.82) is 0 Å². The number of aryl methyl sites for hydroxylation is 1. The van der Waals surface area contributed by atoms with Crippen molar-refractivity contribution in [3.05, 3.63) is 35.6 Å². The van der Waals surface area contributed by atoms with Crippen LogP contribution in [0.15, 0.2) is 22.9 Å². The van der Waals surface area contributed by atoms with Crippen molar-refractivity contribution in [3.63, 3.8) is 0 Å². The molecule has 0 aromatic carbocycles. The molecular weight excluding hydrogens is 236 g/mol. The zero-order valence-electron chi connectivity index (χ0n) is 10.0. The fourth-order valence-electron chi connectivity index (χ4n) is 1.35. The molecule has 0 spiro atoms. The number of hydrogen-bond acceptors (Lipinski definition) is 7. The molecule has 18 heavy (non-hydrogen) atoms. The van der Waals surface area contributed by atoms with Crippen LogP contribution < -0.4 is 5.32 Å². The molecule has 2 heterocycles. The highest BCUT2D eigenvalue weighted by Gasteiger charge is 2.07. The van der Waals surface area contributed by atoms with Gasteiger partial charge in [-0.3, -0.25) is 0 Å². The van der Waals surface area contributed by atoms with Crippen LogP contribution in [-0.2, 0) is 11.3 Å². The number of methoxy groups -OCH3 is 1. The summed E-state index contributed by atoms with van der Waals surface area (Å²) in [7, 11) is 1.33. The lowest BCUT2D eigenvalue weighted by Crippen LogP contribution is -2.05. The summed E-state index contributed by atoms with van der Waals surface area (Å²) in [6.45, 7) is 2.08. The molecule has 0 aliphatic rings. The van der Waals surface area contributed by atoms with E-state index in [4.69, 9.17) is 4.52 Å². The number of ether oxygens (including phenoxy) is 1. The minimum absolute atomic E-state index is 0.346. The smallest absolute Gasteiger partial charge is 0.338 e. The molecule has 0 unspecified atom stereocenters. The largest absolute Gasteiger partial charge is 0.465 e. The lowest BCUT2D eigenvalue weighted by atomic mass is 10.2. The van der Waals surface area contributed by atoms with Gasteiger partial charge in [-0.05, 0) is 19.1 Å². The van der Waals surface area contributed by atoms with E-state index in [0.717, 1.165) is 0 Å². The van der Waals surface area contributed by atoms with Gasteiger partial charge in [-0.1, -0.05) is 5.16 Å². The van der Waals surface area contributed by atoms with Crippen LogP contribution in [0.2, 0.25) is 0 Å². The van der Waals surface area contributed by atoms with Gasteiger partial charge in [0.05, 0.1) is 19.2 Å². The van der Waals surface area contributed by atoms with Crippen molar-refractivity contribution < 1.29 is 14.1 Å². The Morgan fingerprint density at radius 2 is 2.39 bits per heavy atom. The van der Waals surface area contributed by atoms with Crippen molar-refractivity contribution in [2.45, 2.75) is 13.5 Å². The second kappa shape index (κ2) is 5.26. The third-order valence-corrected chi connectivity index (χ3v) is 2.17. The van der Waals surface area contributed by atoms with Gasteiger partial charge in [0.1, 0.15) is 5.82 Å². The zero-order valence-corrected chi connectivity index (χ0v) is 10.0. The molecule has 1 N–H and O–H groups in total. The molecule has 0 fully saturated rings. The molecule has 2 aromatic heterocycles. The van der Waals surface area contributed by atoms with Crippen LogP contribution in [0, 0.1) is 6.92 Å². The highest BCUT2D eigenvalue weighted by molar-refractivity contribution is 5.89. The standard InChI is InChI=1S/C11H12N4O3/c1-7-14-10(18-15-7)6-13-9-5-8(3-4-12-9)11(16)17-2/h3-5H,6H2,1-2H3,(H,12,13). The number of nitrogens with zero attached hydrogens (tertiary/aromatic N) is 3. The Balaban J connectivity index is 2.03. The molecule has 7 heteroatoms. The second-order valence-electron chi connectivity index (χ2n) is 3.51. The highest BCUT2D eigenvalue weighted by Crippen LogP contribution is 2.09. The molecule has 2 aromatic rings. The topological polar surface area (TPSA) is 90.1 Å². The van der Waals surface area contributed by atoms with Crippen molar-refractivity contribution in [2.24, 2.45) is 0 Å². The predicted molar refractivity (Wildman–Crippen MR) is 61.9 cm³/mol. The molecule has 94 valence electrons. The fourth-order valence-corrected chi connectivity index (χ4v) is 1.35. The van der Waals surface area contributed by atoms with E-state index in [2.05, 4.69) is 25.2 Å². The van der Waals surface area contributed by atoms with Gasteiger partial charge in [-0.25, -0.2) is 9.78 Å². The summed E-state index contributed by atoms with van der Waals surface area (Å²) < 4.78 is 9.56. The van der Waals surface area contributed by atoms with Gasteiger partial charge in [0, 0.05) is 6.20 Å². The average molecular weight is 248 g/mol. The number of anilines is 1. The number of pyridine rings is 1. The number of rotatable bonds is 4. The summed E-state index contributed by atoms with van der Waals surface area (Å²) in [5.74, 6) is 1.16. The van der Waals surface area contributed by atoms with Gasteiger partial charge in [-0.2, -0.15) is 4.98 Å². The lowest BCUT2D eigenvalue weighted by molar-refractivity contribution is 0.0600. The Labute approximate surface area is 103 Å². The first kappa shape index (κ1) is 12.0. The Hall–Kier alpha value is -2.44. The van der Waals surface area contributed by atoms with Gasteiger partial charge in [-0.15, -0.1) is 0 Å². The van der Waals surface area contributed by atoms with Gasteiger partial charge < -0.3 is 14.6 Å². The summed E-state index contributed by atoms with van der Waals surface area (Å²) in [4.78, 5) is 19.4. The quantitative estimate of drug-likeness (QED) is 0.812. The van der Waals surface area contributed by atoms with Crippen LogP contribution in [0.1, 0.15) is 22.1 Å². The number of esters is 1. The molecule has 0 atom stereocenters. The van der Waals surface area contributed by atoms with E-state index in [-0.39, 0.29) is 0 Å². The monoisotopic (exact) mass is 248 g/mol. The summed E-state index contributed by atoms with van der Waals surface area (Å²) in [5.41, 5.74) is 0.428. The minimum Gasteiger partial charge on any atom is -0.465 e. The first-order valence-corrected chi connectivity index (χ1v) is 5.26. The summed E-state index contributed by atoms with van der Waals surface area (Å²) >= 11 is 0. The highest BCUT2D eigenvalue weighted by atomic mass is 16.5. The normalized spacial score (nSPS) is 10.1. The summed E-state index contributed by atoms with van der Waals surface area (Å²) in [6, 6.07) is 3.17. The molecule has 0 aliphatic heterocycles. The van der Waals surface area contributed by atoms with E-state index >= 15 is 0 Å². The van der Waals surface area contributed by atoms with E-state index in [9.17, 15) is 4.79 Å². The Bertz CT molecular complexity index is 553. The Kier molecular flexibility index (Phi) is 3.52. The third-order valence-electron chi connectivity index (χ3n) is 2.17. The van der Waals surface area contributed by atoms with Crippen molar-refractivity contribution >= 4 is 11.8 Å². The van der Waals surface area contributed by atoms with Crippen molar-refractivity contribution in [3.8, 4) is 0 Å². The van der Waals surface area contributed by atoms with E-state index < -0.39 is 5.97 Å². The predicted octanol–water partition coefficient (Wildman–Crippen LogP) is 1.17. The van der Waals surface area contributed by atoms with Gasteiger partial charge in [0.15, 0.2) is 5.82 Å². The molecule has 7 nitrogen and oxygen atoms in total. The van der Waals surface area contributed by atoms with Gasteiger partial charge in [0.25, 0.3) is 0 Å². The van der Waals surface area contributed by atoms with Crippen molar-refractivity contribution in [1.82, 2.24) is 15.1 Å². The van der Waals surface area contributed by atoms with Crippen LogP contribution in [-0.4, -0.2) is 28.2 Å². The van der Waals surface area contributed by atoms with Gasteiger partial charge in [0.2, 0.25) is 5.89 Å². The van der Waals surface area contributed by atoms with Gasteiger partial charge >= 0.3 is 5.97 Å². The summed E-state index contributed by atoms with van der Waals surface area (Å²) in [6.07, 6.45) is 1.52. The minimum atomic E-state index is -0.408. The van der Waals surface area contributed by atoms with E-state index in [1.807, 2.05) is 0 Å². The van der Waals surface area contributed by atoms with Crippen LogP contribution in [0.5, 0.6) is 0 Å². The summed E-state index contributed by atoms with van der Waals surface area (Å²) in [5, 5.41) is 6.65. The molecular formula is C11H12N4O3. The number of nitrogens with one attached hydrogen (secondary N) is 1. The third kappa shape index (κ3) is 2.82. The maximum atomic E-state index is 11.3. The Morgan fingerprint density at radius 3 is 3.06 bits per heavy atom. The number of carbonyl (C=O) groups excluding carboxylic acids is 1. The van der Waals surface area contributed by atoms with Crippen LogP contribution >= 0.6 is 0 Å². The van der Waals surface area contributed by atoms with Crippen molar-refractivity contribution in [2.75, 3.05) is 12.4 Å². The molecule has 2 rings (SSSR count). The maximum Gasteiger partial charge on any atom is 0.338 e. The number of carbonyl (C=O) groups is 1. The second-order valence-corrected chi connectivity index (χ2v) is 3.51. The number of hydrogen-bond donors (Lipinski definition) is 1. The maximum absolute atomic E-state index is 11.3. The molecule has 0 radical (unpaired) electrons. The lowest BCUT2D eigenvalue weighted by Gasteiger charge is -2.04. The van der Waals surface area contributed by atoms with E-state index in [0.29, 0.717) is 29.6 Å². The average Bonchev–Trinajstić information content (AvgIpc) is 2.81. The first-order chi connectivity index (χ1) is 8.69. The van der Waals surface area contributed by atoms with Crippen LogP contribution in [0.4, 0.5) is 5.82 Å². The molecule has 0 aliphatic carbocycles. The molecule has 0 saturated carbocycles. The van der Waals surface area contributed by atoms with Crippen LogP contribution in [0.3, 0.4) is 0 Å². The number of aromatic nitrogens is 3. The van der Waals surface area contributed by atoms with E-state index in [1.54, 1.807) is 19.1 Å². The zero-order chi connectivity index (χ0) is 13.0. The molecule has 0 bridgehead atoms. The molecule has 0 saturated heterocycles. The Morgan fingerprint density at radius 1 is 1.56 bits per heavy atom.